The standard InChI is InChI=1S/C14H17BrFNO2/c15-11-5-10(6-12(16)7-11)14(19)17-8-13(18)9-3-1-2-4-9/h5-7,9,13,18H,1-4,8H2,(H,17,19). The maximum Gasteiger partial charge on any atom is 0.251 e. The fourth-order valence-electron chi connectivity index (χ4n) is 2.49. The summed E-state index contributed by atoms with van der Waals surface area (Å²) in [7, 11) is 0. The van der Waals surface area contributed by atoms with Crippen molar-refractivity contribution >= 4 is 21.8 Å². The van der Waals surface area contributed by atoms with Crippen LogP contribution in [0.5, 0.6) is 0 Å². The molecular formula is C14H17BrFNO2. The van der Waals surface area contributed by atoms with Gasteiger partial charge < -0.3 is 10.4 Å². The molecule has 1 saturated carbocycles. The summed E-state index contributed by atoms with van der Waals surface area (Å²) in [6.45, 7) is 0.220. The first-order valence-corrected chi connectivity index (χ1v) is 7.28. The predicted octanol–water partition coefficient (Wildman–Crippen LogP) is 2.87. The molecule has 0 heterocycles. The van der Waals surface area contributed by atoms with Gasteiger partial charge in [-0.05, 0) is 37.0 Å². The van der Waals surface area contributed by atoms with Gasteiger partial charge >= 0.3 is 0 Å². The van der Waals surface area contributed by atoms with Gasteiger partial charge in [0.1, 0.15) is 5.82 Å². The lowest BCUT2D eigenvalue weighted by atomic mass is 10.0. The van der Waals surface area contributed by atoms with Gasteiger partial charge in [0, 0.05) is 16.6 Å². The molecule has 0 bridgehead atoms. The molecule has 1 aromatic rings. The van der Waals surface area contributed by atoms with E-state index in [-0.39, 0.29) is 23.9 Å². The van der Waals surface area contributed by atoms with E-state index in [1.165, 1.54) is 12.1 Å². The van der Waals surface area contributed by atoms with E-state index in [1.54, 1.807) is 6.07 Å². The van der Waals surface area contributed by atoms with Crippen LogP contribution in [-0.4, -0.2) is 23.7 Å². The van der Waals surface area contributed by atoms with Crippen LogP contribution in [0.1, 0.15) is 36.0 Å². The Balaban J connectivity index is 1.89. The molecule has 1 aliphatic rings. The van der Waals surface area contributed by atoms with E-state index in [4.69, 9.17) is 0 Å². The topological polar surface area (TPSA) is 49.3 Å². The fraction of sp³-hybridized carbons (Fsp3) is 0.500. The van der Waals surface area contributed by atoms with Crippen molar-refractivity contribution in [3.8, 4) is 0 Å². The number of hydrogen-bond donors (Lipinski definition) is 2. The molecule has 2 N–H and O–H groups in total. The van der Waals surface area contributed by atoms with Gasteiger partial charge in [-0.2, -0.15) is 0 Å². The molecule has 0 saturated heterocycles. The summed E-state index contributed by atoms with van der Waals surface area (Å²) in [5.41, 5.74) is 0.255. The first-order valence-electron chi connectivity index (χ1n) is 6.48. The van der Waals surface area contributed by atoms with Crippen LogP contribution < -0.4 is 5.32 Å². The van der Waals surface area contributed by atoms with Gasteiger partial charge in [-0.25, -0.2) is 4.39 Å². The van der Waals surface area contributed by atoms with Crippen LogP contribution in [0.3, 0.4) is 0 Å². The van der Waals surface area contributed by atoms with Gasteiger partial charge in [-0.15, -0.1) is 0 Å². The summed E-state index contributed by atoms with van der Waals surface area (Å²) >= 11 is 3.15. The second kappa shape index (κ2) is 6.48. The minimum absolute atomic E-state index is 0.220. The van der Waals surface area contributed by atoms with Gasteiger partial charge in [0.15, 0.2) is 0 Å². The first-order chi connectivity index (χ1) is 9.06. The molecule has 1 unspecified atom stereocenters. The largest absolute Gasteiger partial charge is 0.391 e. The summed E-state index contributed by atoms with van der Waals surface area (Å²) in [4.78, 5) is 11.9. The molecule has 1 fully saturated rings. The van der Waals surface area contributed by atoms with Crippen LogP contribution in [0, 0.1) is 11.7 Å². The third kappa shape index (κ3) is 4.01. The lowest BCUT2D eigenvalue weighted by molar-refractivity contribution is 0.0840. The molecule has 1 aromatic carbocycles. The number of rotatable bonds is 4. The first kappa shape index (κ1) is 14.5. The van der Waals surface area contributed by atoms with Crippen molar-refractivity contribution in [2.45, 2.75) is 31.8 Å². The third-order valence-electron chi connectivity index (χ3n) is 3.54. The number of amides is 1. The number of hydrogen-bond acceptors (Lipinski definition) is 2. The molecule has 0 aliphatic heterocycles. The van der Waals surface area contributed by atoms with Crippen molar-refractivity contribution in [2.75, 3.05) is 6.54 Å². The monoisotopic (exact) mass is 329 g/mol. The van der Waals surface area contributed by atoms with Gasteiger partial charge in [-0.1, -0.05) is 28.8 Å². The zero-order valence-corrected chi connectivity index (χ0v) is 12.1. The number of halogens is 2. The Morgan fingerprint density at radius 2 is 2.11 bits per heavy atom. The smallest absolute Gasteiger partial charge is 0.251 e. The molecule has 5 heteroatoms. The summed E-state index contributed by atoms with van der Waals surface area (Å²) < 4.78 is 13.7. The van der Waals surface area contributed by atoms with Gasteiger partial charge in [-0.3, -0.25) is 4.79 Å². The highest BCUT2D eigenvalue weighted by Gasteiger charge is 2.23. The van der Waals surface area contributed by atoms with Crippen LogP contribution in [0.2, 0.25) is 0 Å². The van der Waals surface area contributed by atoms with Gasteiger partial charge in [0.2, 0.25) is 0 Å². The van der Waals surface area contributed by atoms with Crippen LogP contribution >= 0.6 is 15.9 Å². The van der Waals surface area contributed by atoms with E-state index in [1.807, 2.05) is 0 Å². The lowest BCUT2D eigenvalue weighted by Gasteiger charge is -2.18. The van der Waals surface area contributed by atoms with Crippen LogP contribution in [0.25, 0.3) is 0 Å². The maximum atomic E-state index is 13.2. The van der Waals surface area contributed by atoms with Crippen LogP contribution in [-0.2, 0) is 0 Å². The van der Waals surface area contributed by atoms with Crippen molar-refractivity contribution in [1.82, 2.24) is 5.32 Å². The summed E-state index contributed by atoms with van der Waals surface area (Å²) in [6, 6.07) is 4.03. The number of carbonyl (C=O) groups is 1. The van der Waals surface area contributed by atoms with E-state index >= 15 is 0 Å². The van der Waals surface area contributed by atoms with Gasteiger partial charge in [0.05, 0.1) is 6.10 Å². The molecular weight excluding hydrogens is 313 g/mol. The number of aliphatic hydroxyl groups is 1. The third-order valence-corrected chi connectivity index (χ3v) is 4.00. The quantitative estimate of drug-likeness (QED) is 0.892. The molecule has 0 spiro atoms. The SMILES string of the molecule is O=C(NCC(O)C1CCCC1)c1cc(F)cc(Br)c1. The van der Waals surface area contributed by atoms with Crippen LogP contribution in [0.4, 0.5) is 4.39 Å². The van der Waals surface area contributed by atoms with E-state index in [9.17, 15) is 14.3 Å². The molecule has 0 radical (unpaired) electrons. The summed E-state index contributed by atoms with van der Waals surface area (Å²) in [5, 5.41) is 12.6. The Morgan fingerprint density at radius 1 is 1.42 bits per heavy atom. The van der Waals surface area contributed by atoms with Crippen molar-refractivity contribution in [2.24, 2.45) is 5.92 Å². The molecule has 0 aromatic heterocycles. The maximum absolute atomic E-state index is 13.2. The second-order valence-electron chi connectivity index (χ2n) is 4.98. The number of carbonyl (C=O) groups excluding carboxylic acids is 1. The molecule has 1 aliphatic carbocycles. The van der Waals surface area contributed by atoms with Crippen molar-refractivity contribution in [1.29, 1.82) is 0 Å². The van der Waals surface area contributed by atoms with E-state index < -0.39 is 11.9 Å². The number of nitrogens with one attached hydrogen (secondary N) is 1. The van der Waals surface area contributed by atoms with E-state index in [0.717, 1.165) is 25.7 Å². The minimum Gasteiger partial charge on any atom is -0.391 e. The van der Waals surface area contributed by atoms with Crippen molar-refractivity contribution < 1.29 is 14.3 Å². The van der Waals surface area contributed by atoms with Crippen molar-refractivity contribution in [3.05, 3.63) is 34.1 Å². The van der Waals surface area contributed by atoms with Crippen molar-refractivity contribution in [3.63, 3.8) is 0 Å². The highest BCUT2D eigenvalue weighted by Crippen LogP contribution is 2.27. The molecule has 1 amide bonds. The Hall–Kier alpha value is -0.940. The number of aliphatic hydroxyl groups excluding tert-OH is 1. The number of benzene rings is 1. The Labute approximate surface area is 120 Å². The molecule has 2 rings (SSSR count). The summed E-state index contributed by atoms with van der Waals surface area (Å²) in [5.74, 6) is -0.548. The highest BCUT2D eigenvalue weighted by atomic mass is 79.9. The predicted molar refractivity (Wildman–Crippen MR) is 74.4 cm³/mol. The average Bonchev–Trinajstić information content (AvgIpc) is 2.88. The highest BCUT2D eigenvalue weighted by molar-refractivity contribution is 9.10. The van der Waals surface area contributed by atoms with E-state index in [0.29, 0.717) is 4.47 Å². The molecule has 19 heavy (non-hydrogen) atoms. The molecule has 3 nitrogen and oxygen atoms in total. The van der Waals surface area contributed by atoms with Gasteiger partial charge in [0.25, 0.3) is 5.91 Å². The average molecular weight is 330 g/mol. The second-order valence-corrected chi connectivity index (χ2v) is 5.90. The molecule has 104 valence electrons. The minimum atomic E-state index is -0.511. The zero-order chi connectivity index (χ0) is 13.8. The fourth-order valence-corrected chi connectivity index (χ4v) is 2.96. The Kier molecular flexibility index (Phi) is 4.93. The zero-order valence-electron chi connectivity index (χ0n) is 10.5. The lowest BCUT2D eigenvalue weighted by Crippen LogP contribution is -2.35. The van der Waals surface area contributed by atoms with E-state index in [2.05, 4.69) is 21.2 Å². The normalized spacial score (nSPS) is 17.4. The Bertz CT molecular complexity index is 441. The summed E-state index contributed by atoms with van der Waals surface area (Å²) in [6.07, 6.45) is 3.81. The van der Waals surface area contributed by atoms with Crippen LogP contribution in [0.15, 0.2) is 22.7 Å². The Morgan fingerprint density at radius 3 is 2.74 bits per heavy atom. The molecule has 1 atom stereocenters.